The molecular formula is C18H21N3O3S. The zero-order valence-corrected chi connectivity index (χ0v) is 14.9. The molecule has 0 radical (unpaired) electrons. The summed E-state index contributed by atoms with van der Waals surface area (Å²) in [5.74, 6) is 0.830. The van der Waals surface area contributed by atoms with E-state index in [9.17, 15) is 13.2 Å². The van der Waals surface area contributed by atoms with E-state index in [1.165, 1.54) is 6.20 Å². The van der Waals surface area contributed by atoms with Crippen LogP contribution >= 0.6 is 0 Å². The van der Waals surface area contributed by atoms with Crippen LogP contribution in [0.2, 0.25) is 0 Å². The van der Waals surface area contributed by atoms with Crippen molar-refractivity contribution in [3.63, 3.8) is 0 Å². The van der Waals surface area contributed by atoms with Gasteiger partial charge in [0, 0.05) is 25.8 Å². The number of aromatic nitrogens is 1. The van der Waals surface area contributed by atoms with Gasteiger partial charge in [-0.15, -0.1) is 0 Å². The topological polar surface area (TPSA) is 79.4 Å². The lowest BCUT2D eigenvalue weighted by molar-refractivity contribution is 0.0784. The lowest BCUT2D eigenvalue weighted by Crippen LogP contribution is -2.26. The summed E-state index contributed by atoms with van der Waals surface area (Å²) in [7, 11) is -1.17. The van der Waals surface area contributed by atoms with Crippen LogP contribution in [0.3, 0.4) is 0 Å². The highest BCUT2D eigenvalue weighted by atomic mass is 32.2. The minimum absolute atomic E-state index is 0.105. The van der Waals surface area contributed by atoms with Gasteiger partial charge in [-0.3, -0.25) is 4.79 Å². The van der Waals surface area contributed by atoms with Crippen LogP contribution in [0.4, 0.5) is 5.82 Å². The second-order valence-electron chi connectivity index (χ2n) is 6.32. The Hall–Kier alpha value is -2.41. The van der Waals surface area contributed by atoms with E-state index in [4.69, 9.17) is 0 Å². The Labute approximate surface area is 147 Å². The predicted octanol–water partition coefficient (Wildman–Crippen LogP) is 1.95. The number of carbonyl (C=O) groups is 1. The fourth-order valence-electron chi connectivity index (χ4n) is 2.87. The minimum Gasteiger partial charge on any atom is -0.366 e. The van der Waals surface area contributed by atoms with Crippen molar-refractivity contribution in [1.29, 1.82) is 0 Å². The number of rotatable bonds is 5. The molecular weight excluding hydrogens is 338 g/mol. The molecule has 1 fully saturated rings. The third-order valence-electron chi connectivity index (χ3n) is 4.20. The van der Waals surface area contributed by atoms with Gasteiger partial charge in [-0.05, 0) is 24.1 Å². The van der Waals surface area contributed by atoms with E-state index in [1.807, 2.05) is 30.3 Å². The molecule has 0 aliphatic carbocycles. The highest BCUT2D eigenvalue weighted by Gasteiger charge is 2.27. The molecule has 1 aliphatic heterocycles. The Morgan fingerprint density at radius 1 is 1.24 bits per heavy atom. The van der Waals surface area contributed by atoms with Crippen molar-refractivity contribution in [2.75, 3.05) is 23.9 Å². The van der Waals surface area contributed by atoms with Crippen molar-refractivity contribution in [1.82, 2.24) is 9.88 Å². The van der Waals surface area contributed by atoms with Crippen LogP contribution in [0.5, 0.6) is 0 Å². The zero-order valence-electron chi connectivity index (χ0n) is 14.1. The normalized spacial score (nSPS) is 18.7. The number of amides is 1. The van der Waals surface area contributed by atoms with Gasteiger partial charge >= 0.3 is 0 Å². The number of nitrogens with zero attached hydrogens (tertiary/aromatic N) is 2. The van der Waals surface area contributed by atoms with Gasteiger partial charge in [-0.1, -0.05) is 30.3 Å². The summed E-state index contributed by atoms with van der Waals surface area (Å²) in [6.45, 7) is 0.527. The molecule has 6 nitrogen and oxygen atoms in total. The average molecular weight is 359 g/mol. The Morgan fingerprint density at radius 2 is 2.00 bits per heavy atom. The monoisotopic (exact) mass is 359 g/mol. The van der Waals surface area contributed by atoms with Crippen molar-refractivity contribution < 1.29 is 13.2 Å². The van der Waals surface area contributed by atoms with Crippen molar-refractivity contribution in [3.05, 3.63) is 59.8 Å². The molecule has 1 amide bonds. The first-order valence-electron chi connectivity index (χ1n) is 8.15. The zero-order chi connectivity index (χ0) is 17.9. The summed E-state index contributed by atoms with van der Waals surface area (Å²) in [6.07, 6.45) is 2.11. The standard InChI is InChI=1S/C18H21N3O3S/c1-21(12-14-5-3-2-4-6-14)18(22)15-7-8-17(19-11-15)20-16-9-10-25(23,24)13-16/h2-8,11,16H,9-10,12-13H2,1H3,(H,19,20). The largest absolute Gasteiger partial charge is 0.366 e. The average Bonchev–Trinajstić information content (AvgIpc) is 2.94. The number of hydrogen-bond donors (Lipinski definition) is 1. The quantitative estimate of drug-likeness (QED) is 0.883. The second kappa shape index (κ2) is 7.23. The minimum atomic E-state index is -2.93. The summed E-state index contributed by atoms with van der Waals surface area (Å²) in [6, 6.07) is 13.1. The summed E-state index contributed by atoms with van der Waals surface area (Å²) in [5, 5.41) is 3.12. The van der Waals surface area contributed by atoms with Crippen molar-refractivity contribution >= 4 is 21.6 Å². The second-order valence-corrected chi connectivity index (χ2v) is 8.55. The summed E-state index contributed by atoms with van der Waals surface area (Å²) in [5.41, 5.74) is 1.56. The molecule has 1 N–H and O–H groups in total. The van der Waals surface area contributed by atoms with Gasteiger partial charge in [-0.2, -0.15) is 0 Å². The highest BCUT2D eigenvalue weighted by molar-refractivity contribution is 7.91. The number of nitrogens with one attached hydrogen (secondary N) is 1. The molecule has 132 valence electrons. The highest BCUT2D eigenvalue weighted by Crippen LogP contribution is 2.17. The molecule has 1 aromatic carbocycles. The van der Waals surface area contributed by atoms with Crippen molar-refractivity contribution in [3.8, 4) is 0 Å². The third-order valence-corrected chi connectivity index (χ3v) is 5.97. The van der Waals surface area contributed by atoms with Gasteiger partial charge < -0.3 is 10.2 Å². The first-order valence-corrected chi connectivity index (χ1v) is 9.97. The molecule has 2 heterocycles. The van der Waals surface area contributed by atoms with Crippen LogP contribution in [0.15, 0.2) is 48.7 Å². The van der Waals surface area contributed by atoms with E-state index in [1.54, 1.807) is 24.1 Å². The lowest BCUT2D eigenvalue weighted by Gasteiger charge is -2.17. The molecule has 1 atom stereocenters. The SMILES string of the molecule is CN(Cc1ccccc1)C(=O)c1ccc(NC2CCS(=O)(=O)C2)nc1. The molecule has 0 bridgehead atoms. The van der Waals surface area contributed by atoms with Gasteiger partial charge in [0.1, 0.15) is 5.82 Å². The van der Waals surface area contributed by atoms with Gasteiger partial charge in [-0.25, -0.2) is 13.4 Å². The molecule has 3 rings (SSSR count). The Morgan fingerprint density at radius 3 is 2.60 bits per heavy atom. The van der Waals surface area contributed by atoms with Gasteiger partial charge in [0.25, 0.3) is 5.91 Å². The van der Waals surface area contributed by atoms with Crippen molar-refractivity contribution in [2.24, 2.45) is 0 Å². The summed E-state index contributed by atoms with van der Waals surface area (Å²) < 4.78 is 23.0. The molecule has 0 saturated carbocycles. The Kier molecular flexibility index (Phi) is 5.03. The van der Waals surface area contributed by atoms with Crippen LogP contribution in [0, 0.1) is 0 Å². The maximum absolute atomic E-state index is 12.5. The molecule has 1 aliphatic rings. The van der Waals surface area contributed by atoms with Gasteiger partial charge in [0.2, 0.25) is 0 Å². The van der Waals surface area contributed by atoms with E-state index in [2.05, 4.69) is 10.3 Å². The fraction of sp³-hybridized carbons (Fsp3) is 0.333. The third kappa shape index (κ3) is 4.57. The number of pyridine rings is 1. The number of carbonyl (C=O) groups excluding carboxylic acids is 1. The van der Waals surface area contributed by atoms with Crippen LogP contribution in [0.25, 0.3) is 0 Å². The first-order chi connectivity index (χ1) is 11.9. The Balaban J connectivity index is 1.60. The molecule has 2 aromatic rings. The van der Waals surface area contributed by atoms with E-state index in [0.29, 0.717) is 24.3 Å². The maximum Gasteiger partial charge on any atom is 0.255 e. The van der Waals surface area contributed by atoms with E-state index in [-0.39, 0.29) is 23.5 Å². The lowest BCUT2D eigenvalue weighted by atomic mass is 10.2. The van der Waals surface area contributed by atoms with E-state index < -0.39 is 9.84 Å². The molecule has 1 aromatic heterocycles. The van der Waals surface area contributed by atoms with E-state index >= 15 is 0 Å². The number of benzene rings is 1. The molecule has 0 spiro atoms. The fourth-order valence-corrected chi connectivity index (χ4v) is 4.55. The summed E-state index contributed by atoms with van der Waals surface area (Å²) >= 11 is 0. The van der Waals surface area contributed by atoms with Crippen LogP contribution in [0.1, 0.15) is 22.3 Å². The number of hydrogen-bond acceptors (Lipinski definition) is 5. The molecule has 1 unspecified atom stereocenters. The van der Waals surface area contributed by atoms with E-state index in [0.717, 1.165) is 5.56 Å². The van der Waals surface area contributed by atoms with Crippen LogP contribution in [-0.2, 0) is 16.4 Å². The maximum atomic E-state index is 12.5. The van der Waals surface area contributed by atoms with Crippen LogP contribution < -0.4 is 5.32 Å². The summed E-state index contributed by atoms with van der Waals surface area (Å²) in [4.78, 5) is 18.4. The van der Waals surface area contributed by atoms with Crippen LogP contribution in [-0.4, -0.2) is 48.8 Å². The van der Waals surface area contributed by atoms with Crippen molar-refractivity contribution in [2.45, 2.75) is 19.0 Å². The molecule has 1 saturated heterocycles. The smallest absolute Gasteiger partial charge is 0.255 e. The predicted molar refractivity (Wildman–Crippen MR) is 97.2 cm³/mol. The number of sulfone groups is 1. The van der Waals surface area contributed by atoms with Gasteiger partial charge in [0.15, 0.2) is 9.84 Å². The molecule has 7 heteroatoms. The number of anilines is 1. The molecule has 25 heavy (non-hydrogen) atoms. The Bertz CT molecular complexity index is 836. The van der Waals surface area contributed by atoms with Gasteiger partial charge in [0.05, 0.1) is 17.1 Å². The first kappa shape index (κ1) is 17.4.